The molecular formula is C27H44. The van der Waals surface area contributed by atoms with Crippen LogP contribution in [0.1, 0.15) is 106 Å². The highest BCUT2D eigenvalue weighted by molar-refractivity contribution is 5.33. The van der Waals surface area contributed by atoms with Crippen molar-refractivity contribution >= 4 is 0 Å². The van der Waals surface area contributed by atoms with Gasteiger partial charge in [0.2, 0.25) is 0 Å². The van der Waals surface area contributed by atoms with E-state index in [-0.39, 0.29) is 0 Å². The van der Waals surface area contributed by atoms with E-state index in [1.807, 2.05) is 5.57 Å². The van der Waals surface area contributed by atoms with Crippen molar-refractivity contribution in [2.45, 2.75) is 106 Å². The van der Waals surface area contributed by atoms with Crippen LogP contribution in [0.4, 0.5) is 0 Å². The van der Waals surface area contributed by atoms with Crippen LogP contribution in [0.3, 0.4) is 0 Å². The molecule has 0 amide bonds. The third-order valence-electron chi connectivity index (χ3n) is 12.1. The van der Waals surface area contributed by atoms with Crippen LogP contribution in [0.25, 0.3) is 0 Å². The summed E-state index contributed by atoms with van der Waals surface area (Å²) in [4.78, 5) is 0. The fourth-order valence-electron chi connectivity index (χ4n) is 9.88. The summed E-state index contributed by atoms with van der Waals surface area (Å²) in [5, 5.41) is 0. The molecule has 27 heavy (non-hydrogen) atoms. The monoisotopic (exact) mass is 368 g/mol. The normalized spacial score (nSPS) is 59.9. The first kappa shape index (κ1) is 18.7. The summed E-state index contributed by atoms with van der Waals surface area (Å²) in [5.41, 5.74) is 4.14. The lowest BCUT2D eigenvalue weighted by atomic mass is 9.36. The first-order chi connectivity index (χ1) is 12.7. The van der Waals surface area contributed by atoms with Gasteiger partial charge in [-0.15, -0.1) is 0 Å². The summed E-state index contributed by atoms with van der Waals surface area (Å²) in [5.74, 6) is 4.58. The molecule has 0 aromatic heterocycles. The van der Waals surface area contributed by atoms with Gasteiger partial charge < -0.3 is 0 Å². The van der Waals surface area contributed by atoms with Crippen molar-refractivity contribution in [3.63, 3.8) is 0 Å². The molecule has 0 spiro atoms. The summed E-state index contributed by atoms with van der Waals surface area (Å²) in [7, 11) is 0. The quantitative estimate of drug-likeness (QED) is 0.380. The molecule has 5 aliphatic rings. The van der Waals surface area contributed by atoms with Crippen LogP contribution in [0, 0.1) is 51.2 Å². The molecule has 9 atom stereocenters. The summed E-state index contributed by atoms with van der Waals surface area (Å²) >= 11 is 0. The first-order valence-corrected chi connectivity index (χ1v) is 12.4. The molecule has 0 radical (unpaired) electrons. The van der Waals surface area contributed by atoms with E-state index in [9.17, 15) is 0 Å². The van der Waals surface area contributed by atoms with Crippen molar-refractivity contribution in [2.75, 3.05) is 0 Å². The molecule has 4 fully saturated rings. The van der Waals surface area contributed by atoms with Crippen molar-refractivity contribution in [1.82, 2.24) is 0 Å². The standard InChI is InChI=1S/C27H44/c1-18-11-14-24(3)16-17-26(5)21(23(24)19(18)2)9-10-22-25(4)13-7-8-20(25)12-15-27(22,26)6/h9,18-20,22-23H,7-8,10-17H2,1-6H3/t18-,19+,20-,22-,23-,24-,25-,26-,27+/m1/s1. The Morgan fingerprint density at radius 1 is 0.852 bits per heavy atom. The summed E-state index contributed by atoms with van der Waals surface area (Å²) < 4.78 is 0. The molecule has 0 N–H and O–H groups in total. The zero-order valence-corrected chi connectivity index (χ0v) is 19.0. The molecule has 0 heterocycles. The van der Waals surface area contributed by atoms with Crippen LogP contribution in [-0.2, 0) is 0 Å². The molecule has 0 heteroatoms. The number of allylic oxidation sites excluding steroid dienone is 2. The van der Waals surface area contributed by atoms with E-state index in [1.165, 1.54) is 64.2 Å². The van der Waals surface area contributed by atoms with Gasteiger partial charge in [-0.2, -0.15) is 0 Å². The molecule has 0 unspecified atom stereocenters. The maximum absolute atomic E-state index is 2.84. The van der Waals surface area contributed by atoms with Crippen LogP contribution < -0.4 is 0 Å². The van der Waals surface area contributed by atoms with Crippen molar-refractivity contribution in [1.29, 1.82) is 0 Å². The molecule has 5 aliphatic carbocycles. The van der Waals surface area contributed by atoms with Gasteiger partial charge in [-0.3, -0.25) is 0 Å². The third kappa shape index (κ3) is 2.17. The summed E-state index contributed by atoms with van der Waals surface area (Å²) in [6, 6.07) is 0. The highest BCUT2D eigenvalue weighted by Gasteiger charge is 2.66. The van der Waals surface area contributed by atoms with Gasteiger partial charge in [0.15, 0.2) is 0 Å². The van der Waals surface area contributed by atoms with E-state index in [4.69, 9.17) is 0 Å². The largest absolute Gasteiger partial charge is 0.0841 e. The Morgan fingerprint density at radius 2 is 1.63 bits per heavy atom. The Kier molecular flexibility index (Phi) is 3.93. The highest BCUT2D eigenvalue weighted by atomic mass is 14.7. The molecule has 0 bridgehead atoms. The fourth-order valence-corrected chi connectivity index (χ4v) is 9.88. The molecule has 0 saturated heterocycles. The average molecular weight is 369 g/mol. The molecular weight excluding hydrogens is 324 g/mol. The van der Waals surface area contributed by atoms with E-state index in [0.717, 1.165) is 29.6 Å². The van der Waals surface area contributed by atoms with Crippen LogP contribution >= 0.6 is 0 Å². The van der Waals surface area contributed by atoms with Crippen molar-refractivity contribution in [2.24, 2.45) is 51.2 Å². The van der Waals surface area contributed by atoms with Gasteiger partial charge in [-0.05, 0) is 109 Å². The topological polar surface area (TPSA) is 0 Å². The third-order valence-corrected chi connectivity index (χ3v) is 12.1. The molecule has 0 aliphatic heterocycles. The van der Waals surface area contributed by atoms with E-state index in [1.54, 1.807) is 0 Å². The molecule has 152 valence electrons. The highest BCUT2D eigenvalue weighted by Crippen LogP contribution is 2.74. The Bertz CT molecular complexity index is 659. The second kappa shape index (κ2) is 5.66. The second-order valence-electron chi connectivity index (χ2n) is 12.8. The summed E-state index contributed by atoms with van der Waals surface area (Å²) in [6.07, 6.45) is 17.6. The van der Waals surface area contributed by atoms with Crippen molar-refractivity contribution in [3.05, 3.63) is 11.6 Å². The predicted octanol–water partition coefficient (Wildman–Crippen LogP) is 8.03. The number of hydrogen-bond donors (Lipinski definition) is 0. The lowest BCUT2D eigenvalue weighted by Crippen LogP contribution is -2.60. The van der Waals surface area contributed by atoms with Crippen LogP contribution in [0.2, 0.25) is 0 Å². The minimum Gasteiger partial charge on any atom is -0.0841 e. The zero-order valence-electron chi connectivity index (χ0n) is 19.0. The minimum absolute atomic E-state index is 0.460. The first-order valence-electron chi connectivity index (χ1n) is 12.4. The zero-order chi connectivity index (χ0) is 19.2. The molecule has 4 saturated carbocycles. The van der Waals surface area contributed by atoms with E-state index < -0.39 is 0 Å². The van der Waals surface area contributed by atoms with Crippen molar-refractivity contribution in [3.8, 4) is 0 Å². The van der Waals surface area contributed by atoms with Gasteiger partial charge in [0.25, 0.3) is 0 Å². The number of rotatable bonds is 0. The Labute approximate surface area is 169 Å². The SMILES string of the molecule is C[C@H]1[C@H](C)CC[C@]2(C)CC[C@]3(C)C(=CC[C@@H]4[C@]5(C)CCC[C@@H]5CC[C@@]43C)[C@@H]12. The van der Waals surface area contributed by atoms with Crippen LogP contribution in [-0.4, -0.2) is 0 Å². The average Bonchev–Trinajstić information content (AvgIpc) is 3.01. The number of hydrogen-bond acceptors (Lipinski definition) is 0. The smallest absolute Gasteiger partial charge is 0.00564 e. The summed E-state index contributed by atoms with van der Waals surface area (Å²) in [6.45, 7) is 16.0. The number of fused-ring (bicyclic) bond motifs is 7. The molecule has 0 aromatic carbocycles. The van der Waals surface area contributed by atoms with Gasteiger partial charge in [0.1, 0.15) is 0 Å². The lowest BCUT2D eigenvalue weighted by Gasteiger charge is -2.68. The lowest BCUT2D eigenvalue weighted by molar-refractivity contribution is -0.138. The van der Waals surface area contributed by atoms with E-state index in [0.29, 0.717) is 21.7 Å². The fraction of sp³-hybridized carbons (Fsp3) is 0.926. The van der Waals surface area contributed by atoms with Gasteiger partial charge in [0.05, 0.1) is 0 Å². The maximum Gasteiger partial charge on any atom is -0.00564 e. The Hall–Kier alpha value is -0.260. The molecule has 5 rings (SSSR count). The Morgan fingerprint density at radius 3 is 2.41 bits per heavy atom. The Balaban J connectivity index is 1.61. The predicted molar refractivity (Wildman–Crippen MR) is 115 cm³/mol. The van der Waals surface area contributed by atoms with Crippen LogP contribution in [0.15, 0.2) is 11.6 Å². The maximum atomic E-state index is 2.84. The second-order valence-corrected chi connectivity index (χ2v) is 12.8. The van der Waals surface area contributed by atoms with Crippen molar-refractivity contribution < 1.29 is 0 Å². The molecule has 0 aromatic rings. The van der Waals surface area contributed by atoms with E-state index >= 15 is 0 Å². The van der Waals surface area contributed by atoms with Gasteiger partial charge in [-0.1, -0.05) is 59.6 Å². The van der Waals surface area contributed by atoms with Gasteiger partial charge in [-0.25, -0.2) is 0 Å². The minimum atomic E-state index is 0.460. The van der Waals surface area contributed by atoms with E-state index in [2.05, 4.69) is 47.6 Å². The van der Waals surface area contributed by atoms with Crippen LogP contribution in [0.5, 0.6) is 0 Å². The van der Waals surface area contributed by atoms with Gasteiger partial charge >= 0.3 is 0 Å². The molecule has 0 nitrogen and oxygen atoms in total. The van der Waals surface area contributed by atoms with Gasteiger partial charge in [0, 0.05) is 0 Å².